The Morgan fingerprint density at radius 2 is 2.09 bits per heavy atom. The van der Waals surface area contributed by atoms with E-state index in [2.05, 4.69) is 0 Å². The first-order chi connectivity index (χ1) is 5.33. The summed E-state index contributed by atoms with van der Waals surface area (Å²) in [6, 6.07) is 0. The van der Waals surface area contributed by atoms with Crippen molar-refractivity contribution in [3.63, 3.8) is 0 Å². The van der Waals surface area contributed by atoms with E-state index in [9.17, 15) is 5.11 Å². The molecular formula is C7H14NO3. The summed E-state index contributed by atoms with van der Waals surface area (Å²) in [6.07, 6.45) is -0.715. The van der Waals surface area contributed by atoms with E-state index < -0.39 is 12.7 Å². The molecule has 1 N–H and O–H groups in total. The van der Waals surface area contributed by atoms with Gasteiger partial charge in [-0.2, -0.15) is 0 Å². The third-order valence-electron chi connectivity index (χ3n) is 1.77. The van der Waals surface area contributed by atoms with Crippen molar-refractivity contribution in [3.05, 3.63) is 0 Å². The highest BCUT2D eigenvalue weighted by Gasteiger charge is 2.13. The highest BCUT2D eigenvalue weighted by molar-refractivity contribution is 4.65. The Morgan fingerprint density at radius 1 is 1.45 bits per heavy atom. The molecule has 1 saturated heterocycles. The standard InChI is InChI=1S/C7H14NO3/c9-6-7(10)5-8-1-3-11-4-2-8/h7,10H,1-6H2. The summed E-state index contributed by atoms with van der Waals surface area (Å²) in [4.78, 5) is 2.05. The zero-order valence-electron chi connectivity index (χ0n) is 6.53. The highest BCUT2D eigenvalue weighted by Crippen LogP contribution is 1.97. The minimum absolute atomic E-state index is 0.405. The van der Waals surface area contributed by atoms with E-state index in [-0.39, 0.29) is 0 Å². The normalized spacial score (nSPS) is 23.5. The molecule has 0 saturated carbocycles. The van der Waals surface area contributed by atoms with Gasteiger partial charge in [0.2, 0.25) is 0 Å². The molecule has 1 atom stereocenters. The lowest BCUT2D eigenvalue weighted by Crippen LogP contribution is -2.41. The lowest BCUT2D eigenvalue weighted by molar-refractivity contribution is -0.00913. The van der Waals surface area contributed by atoms with Crippen LogP contribution in [0.2, 0.25) is 0 Å². The Kier molecular flexibility index (Phi) is 3.79. The molecule has 4 nitrogen and oxygen atoms in total. The zero-order valence-corrected chi connectivity index (χ0v) is 6.53. The third kappa shape index (κ3) is 3.16. The van der Waals surface area contributed by atoms with Gasteiger partial charge in [0.05, 0.1) is 19.3 Å². The van der Waals surface area contributed by atoms with E-state index >= 15 is 0 Å². The molecule has 1 unspecified atom stereocenters. The Bertz CT molecular complexity index is 104. The number of ether oxygens (including phenoxy) is 1. The van der Waals surface area contributed by atoms with E-state index in [1.807, 2.05) is 4.90 Å². The van der Waals surface area contributed by atoms with Gasteiger partial charge in [-0.25, -0.2) is 5.11 Å². The predicted octanol–water partition coefficient (Wildman–Crippen LogP) is -0.890. The van der Waals surface area contributed by atoms with Gasteiger partial charge in [-0.05, 0) is 0 Å². The average Bonchev–Trinajstić information content (AvgIpc) is 2.06. The summed E-state index contributed by atoms with van der Waals surface area (Å²) >= 11 is 0. The number of rotatable bonds is 3. The van der Waals surface area contributed by atoms with Gasteiger partial charge in [-0.3, -0.25) is 4.90 Å². The summed E-state index contributed by atoms with van der Waals surface area (Å²) in [5, 5.41) is 19.2. The second-order valence-corrected chi connectivity index (χ2v) is 2.73. The maximum absolute atomic E-state index is 10.2. The molecule has 1 fully saturated rings. The van der Waals surface area contributed by atoms with Crippen LogP contribution in [-0.4, -0.2) is 55.6 Å². The fraction of sp³-hybridized carbons (Fsp3) is 1.00. The molecule has 1 aliphatic rings. The summed E-state index contributed by atoms with van der Waals surface area (Å²) in [5.41, 5.74) is 0. The first-order valence-corrected chi connectivity index (χ1v) is 3.89. The second kappa shape index (κ2) is 4.66. The molecule has 1 rings (SSSR count). The SMILES string of the molecule is [O]CC(O)CN1CCOCC1. The van der Waals surface area contributed by atoms with Crippen LogP contribution in [0.5, 0.6) is 0 Å². The molecule has 0 spiro atoms. The topological polar surface area (TPSA) is 52.6 Å². The smallest absolute Gasteiger partial charge is 0.109 e. The maximum atomic E-state index is 10.2. The van der Waals surface area contributed by atoms with Crippen LogP contribution in [0, 0.1) is 0 Å². The Hall–Kier alpha value is -0.160. The number of aliphatic hydroxyl groups is 1. The fourth-order valence-electron chi connectivity index (χ4n) is 1.13. The highest BCUT2D eigenvalue weighted by atomic mass is 16.5. The third-order valence-corrected chi connectivity index (χ3v) is 1.77. The van der Waals surface area contributed by atoms with Crippen molar-refractivity contribution in [1.82, 2.24) is 4.90 Å². The van der Waals surface area contributed by atoms with Gasteiger partial charge < -0.3 is 9.84 Å². The number of β-amino-alcohol motifs (C(OH)–C–C–N with tert-alkyl or cyclic N) is 1. The van der Waals surface area contributed by atoms with E-state index in [4.69, 9.17) is 9.84 Å². The van der Waals surface area contributed by atoms with Crippen molar-refractivity contribution in [3.8, 4) is 0 Å². The van der Waals surface area contributed by atoms with E-state index in [1.165, 1.54) is 0 Å². The Labute approximate surface area is 66.4 Å². The van der Waals surface area contributed by atoms with Gasteiger partial charge in [0.25, 0.3) is 0 Å². The average molecular weight is 160 g/mol. The molecule has 1 aliphatic heterocycles. The van der Waals surface area contributed by atoms with Crippen LogP contribution in [0.25, 0.3) is 0 Å². The number of hydrogen-bond acceptors (Lipinski definition) is 3. The largest absolute Gasteiger partial charge is 0.389 e. The number of nitrogens with zero attached hydrogens (tertiary/aromatic N) is 1. The number of hydrogen-bond donors (Lipinski definition) is 1. The molecule has 0 aromatic heterocycles. The molecule has 0 aliphatic carbocycles. The monoisotopic (exact) mass is 160 g/mol. The van der Waals surface area contributed by atoms with E-state index in [0.29, 0.717) is 19.8 Å². The van der Waals surface area contributed by atoms with Crippen molar-refractivity contribution in [1.29, 1.82) is 0 Å². The summed E-state index contributed by atoms with van der Waals surface area (Å²) in [5.74, 6) is 0. The van der Waals surface area contributed by atoms with Gasteiger partial charge in [0, 0.05) is 19.6 Å². The van der Waals surface area contributed by atoms with E-state index in [1.54, 1.807) is 0 Å². The van der Waals surface area contributed by atoms with Crippen molar-refractivity contribution >= 4 is 0 Å². The molecule has 11 heavy (non-hydrogen) atoms. The quantitative estimate of drug-likeness (QED) is 0.582. The first kappa shape index (κ1) is 8.93. The van der Waals surface area contributed by atoms with Crippen molar-refractivity contribution < 1.29 is 14.9 Å². The molecular weight excluding hydrogens is 146 g/mol. The Morgan fingerprint density at radius 3 is 2.64 bits per heavy atom. The minimum atomic E-state index is -0.715. The van der Waals surface area contributed by atoms with Gasteiger partial charge in [-0.1, -0.05) is 0 Å². The number of morpholine rings is 1. The molecule has 0 aromatic carbocycles. The lowest BCUT2D eigenvalue weighted by atomic mass is 10.3. The van der Waals surface area contributed by atoms with Gasteiger partial charge in [0.1, 0.15) is 6.61 Å². The van der Waals surface area contributed by atoms with Crippen LogP contribution in [0.4, 0.5) is 0 Å². The van der Waals surface area contributed by atoms with Crippen molar-refractivity contribution in [2.24, 2.45) is 0 Å². The lowest BCUT2D eigenvalue weighted by Gasteiger charge is -2.27. The molecule has 1 heterocycles. The molecule has 4 heteroatoms. The van der Waals surface area contributed by atoms with Crippen LogP contribution in [0.3, 0.4) is 0 Å². The maximum Gasteiger partial charge on any atom is 0.109 e. The fourth-order valence-corrected chi connectivity index (χ4v) is 1.13. The summed E-state index contributed by atoms with van der Waals surface area (Å²) in [7, 11) is 0. The van der Waals surface area contributed by atoms with Crippen LogP contribution in [-0.2, 0) is 9.84 Å². The first-order valence-electron chi connectivity index (χ1n) is 3.89. The second-order valence-electron chi connectivity index (χ2n) is 2.73. The van der Waals surface area contributed by atoms with Gasteiger partial charge >= 0.3 is 0 Å². The van der Waals surface area contributed by atoms with Crippen LogP contribution in [0.1, 0.15) is 0 Å². The molecule has 0 aromatic rings. The Balaban J connectivity index is 2.13. The molecule has 1 radical (unpaired) electrons. The van der Waals surface area contributed by atoms with Crippen LogP contribution < -0.4 is 0 Å². The predicted molar refractivity (Wildman–Crippen MR) is 38.8 cm³/mol. The van der Waals surface area contributed by atoms with Crippen molar-refractivity contribution in [2.45, 2.75) is 6.10 Å². The summed E-state index contributed by atoms with van der Waals surface area (Å²) < 4.78 is 5.11. The minimum Gasteiger partial charge on any atom is -0.389 e. The van der Waals surface area contributed by atoms with E-state index in [0.717, 1.165) is 13.1 Å². The van der Waals surface area contributed by atoms with Crippen molar-refractivity contribution in [2.75, 3.05) is 39.5 Å². The molecule has 65 valence electrons. The number of aliphatic hydroxyl groups excluding tert-OH is 1. The summed E-state index contributed by atoms with van der Waals surface area (Å²) in [6.45, 7) is 3.18. The van der Waals surface area contributed by atoms with Crippen LogP contribution in [0.15, 0.2) is 0 Å². The molecule has 0 bridgehead atoms. The van der Waals surface area contributed by atoms with Gasteiger partial charge in [0.15, 0.2) is 0 Å². The van der Waals surface area contributed by atoms with Crippen LogP contribution >= 0.6 is 0 Å². The molecule has 0 amide bonds. The van der Waals surface area contributed by atoms with Gasteiger partial charge in [-0.15, -0.1) is 0 Å². The zero-order chi connectivity index (χ0) is 8.10.